The third kappa shape index (κ3) is 6.05. The molecule has 0 unspecified atom stereocenters. The molecule has 5 nitrogen and oxygen atoms in total. The van der Waals surface area contributed by atoms with Crippen LogP contribution in [0.1, 0.15) is 33.6 Å². The molecule has 0 spiro atoms. The first-order valence-electron chi connectivity index (χ1n) is 9.40. The van der Waals surface area contributed by atoms with Gasteiger partial charge in [-0.05, 0) is 31.2 Å². The van der Waals surface area contributed by atoms with Crippen LogP contribution in [0, 0.1) is 11.8 Å². The second-order valence-corrected chi connectivity index (χ2v) is 7.29. The average molecular weight is 325 g/mol. The molecule has 2 heterocycles. The Hall–Kier alpha value is -0.650. The number of carbonyl (C=O) groups is 1. The van der Waals surface area contributed by atoms with Crippen molar-refractivity contribution in [3.63, 3.8) is 0 Å². The molecule has 0 aromatic carbocycles. The number of rotatable bonds is 7. The molecule has 0 bridgehead atoms. The van der Waals surface area contributed by atoms with Crippen molar-refractivity contribution in [2.24, 2.45) is 11.8 Å². The van der Waals surface area contributed by atoms with E-state index in [0.717, 1.165) is 77.0 Å². The lowest BCUT2D eigenvalue weighted by Gasteiger charge is -2.34. The van der Waals surface area contributed by atoms with E-state index in [1.54, 1.807) is 0 Å². The highest BCUT2D eigenvalue weighted by Gasteiger charge is 2.24. The first-order chi connectivity index (χ1) is 11.1. The molecular weight excluding hydrogens is 290 g/mol. The predicted molar refractivity (Wildman–Crippen MR) is 93.5 cm³/mol. The quantitative estimate of drug-likeness (QED) is 0.665. The van der Waals surface area contributed by atoms with Gasteiger partial charge in [0.2, 0.25) is 5.91 Å². The highest BCUT2D eigenvalue weighted by atomic mass is 16.5. The molecule has 2 aliphatic rings. The first-order valence-corrected chi connectivity index (χ1v) is 9.40. The highest BCUT2D eigenvalue weighted by molar-refractivity contribution is 5.77. The first kappa shape index (κ1) is 18.7. The molecule has 2 rings (SSSR count). The van der Waals surface area contributed by atoms with E-state index >= 15 is 0 Å². The van der Waals surface area contributed by atoms with Gasteiger partial charge in [0.15, 0.2) is 0 Å². The van der Waals surface area contributed by atoms with Gasteiger partial charge >= 0.3 is 0 Å². The third-order valence-electron chi connectivity index (χ3n) is 5.52. The van der Waals surface area contributed by atoms with E-state index in [1.165, 1.54) is 0 Å². The van der Waals surface area contributed by atoms with E-state index in [0.29, 0.717) is 6.61 Å². The lowest BCUT2D eigenvalue weighted by Crippen LogP contribution is -2.47. The maximum absolute atomic E-state index is 12.2. The van der Waals surface area contributed by atoms with Gasteiger partial charge in [0.25, 0.3) is 0 Å². The van der Waals surface area contributed by atoms with Crippen LogP contribution < -0.4 is 0 Å². The van der Waals surface area contributed by atoms with Gasteiger partial charge in [0.05, 0.1) is 6.61 Å². The Labute approximate surface area is 141 Å². The van der Waals surface area contributed by atoms with Gasteiger partial charge in [-0.15, -0.1) is 0 Å². The zero-order valence-corrected chi connectivity index (χ0v) is 15.3. The lowest BCUT2D eigenvalue weighted by molar-refractivity contribution is -0.137. The van der Waals surface area contributed by atoms with Crippen molar-refractivity contribution in [2.75, 3.05) is 65.6 Å². The van der Waals surface area contributed by atoms with Crippen LogP contribution in [0.3, 0.4) is 0 Å². The molecule has 0 aromatic rings. The van der Waals surface area contributed by atoms with E-state index in [1.807, 2.05) is 4.90 Å². The van der Waals surface area contributed by atoms with Crippen molar-refractivity contribution in [1.29, 1.82) is 0 Å². The number of ether oxygens (including phenoxy) is 1. The maximum atomic E-state index is 12.2. The molecule has 5 heteroatoms. The second kappa shape index (κ2) is 9.60. The molecule has 23 heavy (non-hydrogen) atoms. The summed E-state index contributed by atoms with van der Waals surface area (Å²) in [4.78, 5) is 19.1. The molecule has 2 saturated heterocycles. The van der Waals surface area contributed by atoms with Crippen LogP contribution in [0.5, 0.6) is 0 Å². The number of nitrogens with zero attached hydrogens (tertiary/aromatic N) is 3. The summed E-state index contributed by atoms with van der Waals surface area (Å²) in [5, 5.41) is 0. The molecular formula is C18H35N3O2. The third-order valence-corrected chi connectivity index (χ3v) is 5.52. The van der Waals surface area contributed by atoms with Gasteiger partial charge in [0.1, 0.15) is 6.61 Å². The SMILES string of the molecule is CCN1CCN(CCOCC(=O)N2CCC(C(C)C)CC2)CC1. The summed E-state index contributed by atoms with van der Waals surface area (Å²) in [6.07, 6.45) is 2.29. The fourth-order valence-corrected chi connectivity index (χ4v) is 3.59. The maximum Gasteiger partial charge on any atom is 0.248 e. The molecule has 0 atom stereocenters. The number of likely N-dealkylation sites (tertiary alicyclic amines) is 1. The van der Waals surface area contributed by atoms with E-state index in [4.69, 9.17) is 4.74 Å². The molecule has 2 fully saturated rings. The minimum absolute atomic E-state index is 0.169. The summed E-state index contributed by atoms with van der Waals surface area (Å²) in [6.45, 7) is 16.1. The fraction of sp³-hybridized carbons (Fsp3) is 0.944. The van der Waals surface area contributed by atoms with Crippen LogP contribution >= 0.6 is 0 Å². The van der Waals surface area contributed by atoms with Crippen LogP contribution in [0.4, 0.5) is 0 Å². The lowest BCUT2D eigenvalue weighted by atomic mass is 9.87. The summed E-state index contributed by atoms with van der Waals surface area (Å²) in [5.74, 6) is 1.68. The van der Waals surface area contributed by atoms with Gasteiger partial charge in [-0.25, -0.2) is 0 Å². The number of carbonyl (C=O) groups excluding carboxylic acids is 1. The normalized spacial score (nSPS) is 22.0. The van der Waals surface area contributed by atoms with E-state index in [9.17, 15) is 4.79 Å². The number of likely N-dealkylation sites (N-methyl/N-ethyl adjacent to an activating group) is 1. The fourth-order valence-electron chi connectivity index (χ4n) is 3.59. The van der Waals surface area contributed by atoms with Crippen molar-refractivity contribution in [3.05, 3.63) is 0 Å². The largest absolute Gasteiger partial charge is 0.370 e. The van der Waals surface area contributed by atoms with E-state index in [2.05, 4.69) is 30.6 Å². The summed E-state index contributed by atoms with van der Waals surface area (Å²) in [5.41, 5.74) is 0. The second-order valence-electron chi connectivity index (χ2n) is 7.29. The number of hydrogen-bond acceptors (Lipinski definition) is 4. The van der Waals surface area contributed by atoms with Gasteiger partial charge in [-0.3, -0.25) is 9.69 Å². The number of amides is 1. The Bertz CT molecular complexity index is 346. The minimum atomic E-state index is 0.169. The van der Waals surface area contributed by atoms with Crippen molar-refractivity contribution in [1.82, 2.24) is 14.7 Å². The monoisotopic (exact) mass is 325 g/mol. The molecule has 134 valence electrons. The highest BCUT2D eigenvalue weighted by Crippen LogP contribution is 2.24. The standard InChI is InChI=1S/C18H35N3O2/c1-4-19-9-11-20(12-10-19)13-14-23-15-18(22)21-7-5-17(6-8-21)16(2)3/h16-17H,4-15H2,1-3H3. The van der Waals surface area contributed by atoms with Crippen LogP contribution in [-0.4, -0.2) is 86.2 Å². The molecule has 1 amide bonds. The van der Waals surface area contributed by atoms with Crippen LogP contribution in [0.25, 0.3) is 0 Å². The number of hydrogen-bond donors (Lipinski definition) is 0. The Morgan fingerprint density at radius 3 is 2.22 bits per heavy atom. The minimum Gasteiger partial charge on any atom is -0.370 e. The summed E-state index contributed by atoms with van der Waals surface area (Å²) in [6, 6.07) is 0. The summed E-state index contributed by atoms with van der Waals surface area (Å²) in [7, 11) is 0. The van der Waals surface area contributed by atoms with Crippen LogP contribution in [-0.2, 0) is 9.53 Å². The Morgan fingerprint density at radius 1 is 1.04 bits per heavy atom. The van der Waals surface area contributed by atoms with Gasteiger partial charge in [-0.2, -0.15) is 0 Å². The average Bonchev–Trinajstić information content (AvgIpc) is 2.59. The van der Waals surface area contributed by atoms with Crippen LogP contribution in [0.2, 0.25) is 0 Å². The van der Waals surface area contributed by atoms with Crippen molar-refractivity contribution < 1.29 is 9.53 Å². The predicted octanol–water partition coefficient (Wildman–Crippen LogP) is 1.54. The topological polar surface area (TPSA) is 36.0 Å². The van der Waals surface area contributed by atoms with Gasteiger partial charge in [-0.1, -0.05) is 20.8 Å². The molecule has 0 aromatic heterocycles. The molecule has 0 radical (unpaired) electrons. The Balaban J connectivity index is 1.54. The van der Waals surface area contributed by atoms with Crippen LogP contribution in [0.15, 0.2) is 0 Å². The zero-order chi connectivity index (χ0) is 16.7. The Kier molecular flexibility index (Phi) is 7.80. The van der Waals surface area contributed by atoms with Gasteiger partial charge < -0.3 is 14.5 Å². The molecule has 0 N–H and O–H groups in total. The molecule has 2 aliphatic heterocycles. The summed E-state index contributed by atoms with van der Waals surface area (Å²) < 4.78 is 5.63. The zero-order valence-electron chi connectivity index (χ0n) is 15.3. The van der Waals surface area contributed by atoms with E-state index < -0.39 is 0 Å². The van der Waals surface area contributed by atoms with Crippen molar-refractivity contribution in [2.45, 2.75) is 33.6 Å². The van der Waals surface area contributed by atoms with E-state index in [-0.39, 0.29) is 12.5 Å². The van der Waals surface area contributed by atoms with Crippen molar-refractivity contribution in [3.8, 4) is 0 Å². The Morgan fingerprint density at radius 2 is 1.65 bits per heavy atom. The molecule has 0 aliphatic carbocycles. The van der Waals surface area contributed by atoms with Gasteiger partial charge in [0, 0.05) is 45.8 Å². The summed E-state index contributed by atoms with van der Waals surface area (Å²) >= 11 is 0. The number of piperidine rings is 1. The van der Waals surface area contributed by atoms with Crippen molar-refractivity contribution >= 4 is 5.91 Å². The smallest absolute Gasteiger partial charge is 0.248 e. The molecule has 0 saturated carbocycles. The number of piperazine rings is 1.